The quantitative estimate of drug-likeness (QED) is 0.847. The molecule has 1 heterocycles. The fourth-order valence-electron chi connectivity index (χ4n) is 3.33. The fourth-order valence-corrected chi connectivity index (χ4v) is 3.33. The van der Waals surface area contributed by atoms with Crippen LogP contribution in [0.4, 0.5) is 0 Å². The van der Waals surface area contributed by atoms with Crippen LogP contribution in [0.1, 0.15) is 47.4 Å². The van der Waals surface area contributed by atoms with Crippen molar-refractivity contribution in [2.45, 2.75) is 44.7 Å². The Morgan fingerprint density at radius 1 is 1.12 bits per heavy atom. The molecule has 0 radical (unpaired) electrons. The molecule has 5 nitrogen and oxygen atoms in total. The van der Waals surface area contributed by atoms with Crippen LogP contribution < -0.4 is 0 Å². The highest BCUT2D eigenvalue weighted by Crippen LogP contribution is 2.25. The van der Waals surface area contributed by atoms with Crippen molar-refractivity contribution in [3.8, 4) is 0 Å². The molecule has 126 valence electrons. The maximum atomic E-state index is 10.9. The van der Waals surface area contributed by atoms with Crippen molar-refractivity contribution in [3.05, 3.63) is 59.7 Å². The van der Waals surface area contributed by atoms with E-state index in [0.29, 0.717) is 6.04 Å². The van der Waals surface area contributed by atoms with Gasteiger partial charge in [0.05, 0.1) is 18.1 Å². The highest BCUT2D eigenvalue weighted by molar-refractivity contribution is 5.84. The maximum Gasteiger partial charge on any atom is 0.356 e. The van der Waals surface area contributed by atoms with Crippen LogP contribution in [0, 0.1) is 0 Å². The Morgan fingerprint density at radius 3 is 2.50 bits per heavy atom. The molecule has 0 unspecified atom stereocenters. The van der Waals surface area contributed by atoms with E-state index in [1.54, 1.807) is 6.20 Å². The van der Waals surface area contributed by atoms with Crippen LogP contribution in [-0.4, -0.2) is 38.5 Å². The van der Waals surface area contributed by atoms with Gasteiger partial charge in [-0.2, -0.15) is 0 Å². The van der Waals surface area contributed by atoms with Gasteiger partial charge in [-0.15, -0.1) is 0 Å². The lowest BCUT2D eigenvalue weighted by Crippen LogP contribution is -2.34. The van der Waals surface area contributed by atoms with Crippen LogP contribution >= 0.6 is 0 Å². The fraction of sp³-hybridized carbons (Fsp3) is 0.421. The van der Waals surface area contributed by atoms with E-state index in [0.717, 1.165) is 25.2 Å². The summed E-state index contributed by atoms with van der Waals surface area (Å²) in [6, 6.07) is 11.1. The molecule has 1 saturated carbocycles. The molecule has 3 rings (SSSR count). The first-order valence-corrected chi connectivity index (χ1v) is 8.54. The molecule has 1 aliphatic rings. The van der Waals surface area contributed by atoms with Crippen LogP contribution in [-0.2, 0) is 13.0 Å². The first-order chi connectivity index (χ1) is 11.7. The number of hydrogen-bond acceptors (Lipinski definition) is 4. The van der Waals surface area contributed by atoms with Crippen molar-refractivity contribution >= 4 is 5.97 Å². The molecule has 5 heteroatoms. The van der Waals surface area contributed by atoms with Crippen molar-refractivity contribution in [2.24, 2.45) is 0 Å². The Morgan fingerprint density at radius 2 is 1.88 bits per heavy atom. The van der Waals surface area contributed by atoms with Gasteiger partial charge >= 0.3 is 5.97 Å². The summed E-state index contributed by atoms with van der Waals surface area (Å²) in [7, 11) is 0. The third-order valence-corrected chi connectivity index (χ3v) is 4.66. The minimum absolute atomic E-state index is 0.00421. The number of carboxylic acids is 1. The summed E-state index contributed by atoms with van der Waals surface area (Å²) in [5, 5.41) is 8.93. The highest BCUT2D eigenvalue weighted by Gasteiger charge is 2.23. The van der Waals surface area contributed by atoms with E-state index in [1.165, 1.54) is 37.4 Å². The van der Waals surface area contributed by atoms with Gasteiger partial charge in [0, 0.05) is 19.1 Å². The number of rotatable bonds is 7. The van der Waals surface area contributed by atoms with Gasteiger partial charge in [-0.3, -0.25) is 9.88 Å². The summed E-state index contributed by atoms with van der Waals surface area (Å²) in [6.07, 6.45) is 8.99. The van der Waals surface area contributed by atoms with Crippen LogP contribution in [0.25, 0.3) is 0 Å². The standard InChI is InChI=1S/C19H23N3O2/c23-19(24)18-13-20-16(12-21-18)14-22(17-8-4-5-9-17)11-10-15-6-2-1-3-7-15/h1-3,6-7,12-13,17H,4-5,8-11,14H2,(H,23,24). The Kier molecular flexibility index (Phi) is 5.54. The van der Waals surface area contributed by atoms with Crippen molar-refractivity contribution < 1.29 is 9.90 Å². The van der Waals surface area contributed by atoms with E-state index < -0.39 is 5.97 Å². The molecule has 0 atom stereocenters. The predicted molar refractivity (Wildman–Crippen MR) is 91.8 cm³/mol. The van der Waals surface area contributed by atoms with E-state index in [-0.39, 0.29) is 5.69 Å². The minimum atomic E-state index is -1.04. The molecule has 0 saturated heterocycles. The molecule has 24 heavy (non-hydrogen) atoms. The van der Waals surface area contributed by atoms with E-state index in [9.17, 15) is 4.79 Å². The summed E-state index contributed by atoms with van der Waals surface area (Å²) in [5.74, 6) is -1.04. The second-order valence-corrected chi connectivity index (χ2v) is 6.34. The van der Waals surface area contributed by atoms with Gasteiger partial charge in [-0.1, -0.05) is 43.2 Å². The van der Waals surface area contributed by atoms with Gasteiger partial charge in [0.2, 0.25) is 0 Å². The molecule has 1 N–H and O–H groups in total. The zero-order valence-electron chi connectivity index (χ0n) is 13.8. The average Bonchev–Trinajstić information content (AvgIpc) is 3.14. The summed E-state index contributed by atoms with van der Waals surface area (Å²) in [4.78, 5) is 21.6. The normalized spacial score (nSPS) is 15.0. The molecule has 0 bridgehead atoms. The largest absolute Gasteiger partial charge is 0.476 e. The molecular formula is C19H23N3O2. The third-order valence-electron chi connectivity index (χ3n) is 4.66. The summed E-state index contributed by atoms with van der Waals surface area (Å²) >= 11 is 0. The molecule has 1 aromatic heterocycles. The van der Waals surface area contributed by atoms with E-state index in [1.807, 2.05) is 6.07 Å². The van der Waals surface area contributed by atoms with Gasteiger partial charge in [-0.25, -0.2) is 9.78 Å². The van der Waals surface area contributed by atoms with Crippen molar-refractivity contribution in [1.29, 1.82) is 0 Å². The van der Waals surface area contributed by atoms with Crippen LogP contribution in [0.2, 0.25) is 0 Å². The lowest BCUT2D eigenvalue weighted by molar-refractivity contribution is 0.0689. The second-order valence-electron chi connectivity index (χ2n) is 6.34. The van der Waals surface area contributed by atoms with E-state index in [2.05, 4.69) is 39.1 Å². The van der Waals surface area contributed by atoms with Gasteiger partial charge in [-0.05, 0) is 24.8 Å². The summed E-state index contributed by atoms with van der Waals surface area (Å²) in [6.45, 7) is 1.71. The van der Waals surface area contributed by atoms with Crippen LogP contribution in [0.15, 0.2) is 42.7 Å². The molecule has 1 aromatic carbocycles. The number of aromatic carboxylic acids is 1. The number of benzene rings is 1. The lowest BCUT2D eigenvalue weighted by atomic mass is 10.1. The van der Waals surface area contributed by atoms with Crippen LogP contribution in [0.5, 0.6) is 0 Å². The molecule has 0 aliphatic heterocycles. The first kappa shape index (κ1) is 16.6. The van der Waals surface area contributed by atoms with E-state index >= 15 is 0 Å². The van der Waals surface area contributed by atoms with Crippen molar-refractivity contribution in [1.82, 2.24) is 14.9 Å². The van der Waals surface area contributed by atoms with Crippen molar-refractivity contribution in [2.75, 3.05) is 6.54 Å². The van der Waals surface area contributed by atoms with Gasteiger partial charge < -0.3 is 5.11 Å². The molecule has 1 aliphatic carbocycles. The van der Waals surface area contributed by atoms with Gasteiger partial charge in [0.25, 0.3) is 0 Å². The Labute approximate surface area is 142 Å². The summed E-state index contributed by atoms with van der Waals surface area (Å²) in [5.41, 5.74) is 2.17. The number of aromatic nitrogens is 2. The third kappa shape index (κ3) is 4.38. The Balaban J connectivity index is 1.66. The number of nitrogens with zero attached hydrogens (tertiary/aromatic N) is 3. The number of carboxylic acid groups (broad SMARTS) is 1. The minimum Gasteiger partial charge on any atom is -0.476 e. The number of hydrogen-bond donors (Lipinski definition) is 1. The highest BCUT2D eigenvalue weighted by atomic mass is 16.4. The number of carbonyl (C=O) groups is 1. The van der Waals surface area contributed by atoms with Gasteiger partial charge in [0.1, 0.15) is 0 Å². The first-order valence-electron chi connectivity index (χ1n) is 8.54. The topological polar surface area (TPSA) is 66.3 Å². The summed E-state index contributed by atoms with van der Waals surface area (Å²) < 4.78 is 0. The lowest BCUT2D eigenvalue weighted by Gasteiger charge is -2.28. The molecule has 1 fully saturated rings. The average molecular weight is 325 g/mol. The van der Waals surface area contributed by atoms with Crippen LogP contribution in [0.3, 0.4) is 0 Å². The maximum absolute atomic E-state index is 10.9. The smallest absolute Gasteiger partial charge is 0.356 e. The predicted octanol–water partition coefficient (Wildman–Crippen LogP) is 3.16. The second kappa shape index (κ2) is 8.02. The molecule has 2 aromatic rings. The Hall–Kier alpha value is -2.27. The van der Waals surface area contributed by atoms with E-state index in [4.69, 9.17) is 5.11 Å². The monoisotopic (exact) mass is 325 g/mol. The zero-order chi connectivity index (χ0) is 16.8. The van der Waals surface area contributed by atoms with Crippen molar-refractivity contribution in [3.63, 3.8) is 0 Å². The molecular weight excluding hydrogens is 302 g/mol. The van der Waals surface area contributed by atoms with Gasteiger partial charge in [0.15, 0.2) is 5.69 Å². The molecule has 0 spiro atoms. The zero-order valence-corrected chi connectivity index (χ0v) is 13.8. The SMILES string of the molecule is O=C(O)c1cnc(CN(CCc2ccccc2)C2CCCC2)cn1. The Bertz CT molecular complexity index is 652. The molecule has 0 amide bonds.